The second-order valence-corrected chi connectivity index (χ2v) is 5.42. The zero-order valence-corrected chi connectivity index (χ0v) is 12.6. The molecule has 8 heteroatoms. The largest absolute Gasteiger partial charge is 0.456 e. The third-order valence-electron chi connectivity index (χ3n) is 3.67. The van der Waals surface area contributed by atoms with Gasteiger partial charge in [0, 0.05) is 38.3 Å². The quantitative estimate of drug-likeness (QED) is 0.882. The van der Waals surface area contributed by atoms with E-state index in [9.17, 15) is 18.0 Å². The van der Waals surface area contributed by atoms with Gasteiger partial charge in [-0.3, -0.25) is 9.69 Å². The number of hydrogen-bond donors (Lipinski definition) is 2. The number of aryl methyl sites for hydroxylation is 2. The molecule has 5 nitrogen and oxygen atoms in total. The highest BCUT2D eigenvalue weighted by molar-refractivity contribution is 5.92. The Bertz CT molecular complexity index is 522. The van der Waals surface area contributed by atoms with E-state index < -0.39 is 24.7 Å². The number of furan rings is 1. The zero-order valence-electron chi connectivity index (χ0n) is 12.6. The normalized spacial score (nSPS) is 18.2. The van der Waals surface area contributed by atoms with Gasteiger partial charge in [-0.05, 0) is 19.9 Å². The molecule has 0 radical (unpaired) electrons. The fraction of sp³-hybridized carbons (Fsp3) is 0.643. The molecule has 1 saturated heterocycles. The van der Waals surface area contributed by atoms with Crippen molar-refractivity contribution in [2.24, 2.45) is 0 Å². The molecule has 1 atom stereocenters. The standard InChI is InChI=1S/C14H20F3N3O2/c1-9-7-10(2)22-12(9)13(21)19-8-11(14(15,16)17)20-5-3-18-4-6-20/h7,11,18H,3-6,8H2,1-2H3,(H,19,21). The van der Waals surface area contributed by atoms with E-state index in [1.165, 1.54) is 4.90 Å². The first-order valence-corrected chi connectivity index (χ1v) is 7.15. The molecular weight excluding hydrogens is 299 g/mol. The molecule has 1 amide bonds. The molecule has 0 aliphatic carbocycles. The maximum atomic E-state index is 13.2. The van der Waals surface area contributed by atoms with Gasteiger partial charge in [0.05, 0.1) is 0 Å². The second-order valence-electron chi connectivity index (χ2n) is 5.42. The van der Waals surface area contributed by atoms with Gasteiger partial charge in [0.1, 0.15) is 11.8 Å². The van der Waals surface area contributed by atoms with Crippen molar-refractivity contribution in [1.82, 2.24) is 15.5 Å². The molecule has 2 N–H and O–H groups in total. The van der Waals surface area contributed by atoms with Gasteiger partial charge in [0.15, 0.2) is 5.76 Å². The summed E-state index contributed by atoms with van der Waals surface area (Å²) in [5.74, 6) is 0.00541. The van der Waals surface area contributed by atoms with Gasteiger partial charge in [0.2, 0.25) is 0 Å². The molecule has 124 valence electrons. The lowest BCUT2D eigenvalue weighted by Gasteiger charge is -2.35. The van der Waals surface area contributed by atoms with Crippen LogP contribution in [0.5, 0.6) is 0 Å². The lowest BCUT2D eigenvalue weighted by molar-refractivity contribution is -0.183. The summed E-state index contributed by atoms with van der Waals surface area (Å²) in [5.41, 5.74) is 0.612. The number of rotatable bonds is 4. The van der Waals surface area contributed by atoms with Crippen LogP contribution in [0.2, 0.25) is 0 Å². The van der Waals surface area contributed by atoms with Crippen LogP contribution in [0, 0.1) is 13.8 Å². The van der Waals surface area contributed by atoms with E-state index in [0.717, 1.165) is 0 Å². The molecule has 0 saturated carbocycles. The van der Waals surface area contributed by atoms with Crippen molar-refractivity contribution in [3.05, 3.63) is 23.2 Å². The molecule has 2 rings (SSSR count). The van der Waals surface area contributed by atoms with E-state index in [-0.39, 0.29) is 5.76 Å². The van der Waals surface area contributed by atoms with E-state index in [4.69, 9.17) is 4.42 Å². The second kappa shape index (κ2) is 6.70. The van der Waals surface area contributed by atoms with E-state index in [0.29, 0.717) is 37.5 Å². The van der Waals surface area contributed by atoms with E-state index in [1.54, 1.807) is 19.9 Å². The van der Waals surface area contributed by atoms with Crippen molar-refractivity contribution >= 4 is 5.91 Å². The minimum atomic E-state index is -4.39. The minimum Gasteiger partial charge on any atom is -0.456 e. The average molecular weight is 319 g/mol. The molecule has 0 spiro atoms. The molecule has 1 fully saturated rings. The lowest BCUT2D eigenvalue weighted by atomic mass is 10.2. The Morgan fingerprint density at radius 3 is 2.55 bits per heavy atom. The Kier molecular flexibility index (Phi) is 5.12. The van der Waals surface area contributed by atoms with Gasteiger partial charge in [-0.15, -0.1) is 0 Å². The molecule has 2 heterocycles. The van der Waals surface area contributed by atoms with Crippen LogP contribution in [0.3, 0.4) is 0 Å². The van der Waals surface area contributed by atoms with Gasteiger partial charge >= 0.3 is 6.18 Å². The molecule has 1 aliphatic rings. The summed E-state index contributed by atoms with van der Waals surface area (Å²) < 4.78 is 44.8. The van der Waals surface area contributed by atoms with Crippen LogP contribution in [0.1, 0.15) is 21.9 Å². The van der Waals surface area contributed by atoms with Crippen molar-refractivity contribution in [3.63, 3.8) is 0 Å². The number of piperazine rings is 1. The summed E-state index contributed by atoms with van der Waals surface area (Å²) in [6, 6.07) is -0.0122. The molecule has 1 unspecified atom stereocenters. The first kappa shape index (κ1) is 16.8. The van der Waals surface area contributed by atoms with Crippen molar-refractivity contribution in [2.75, 3.05) is 32.7 Å². The number of amides is 1. The van der Waals surface area contributed by atoms with E-state index in [2.05, 4.69) is 10.6 Å². The zero-order chi connectivity index (χ0) is 16.3. The molecule has 1 aromatic rings. The summed E-state index contributed by atoms with van der Waals surface area (Å²) in [6.07, 6.45) is -4.39. The fourth-order valence-corrected chi connectivity index (χ4v) is 2.58. The first-order valence-electron chi connectivity index (χ1n) is 7.15. The van der Waals surface area contributed by atoms with Gasteiger partial charge in [0.25, 0.3) is 5.91 Å². The Balaban J connectivity index is 2.01. The summed E-state index contributed by atoms with van der Waals surface area (Å²) >= 11 is 0. The third-order valence-corrected chi connectivity index (χ3v) is 3.67. The number of halogens is 3. The molecule has 1 aliphatic heterocycles. The number of nitrogens with one attached hydrogen (secondary N) is 2. The van der Waals surface area contributed by atoms with E-state index >= 15 is 0 Å². The summed E-state index contributed by atoms with van der Waals surface area (Å²) in [5, 5.41) is 5.35. The topological polar surface area (TPSA) is 57.5 Å². The number of nitrogens with zero attached hydrogens (tertiary/aromatic N) is 1. The van der Waals surface area contributed by atoms with Gasteiger partial charge in [-0.25, -0.2) is 0 Å². The lowest BCUT2D eigenvalue weighted by Crippen LogP contribution is -2.57. The SMILES string of the molecule is Cc1cc(C)c(C(=O)NCC(N2CCNCC2)C(F)(F)F)o1. The predicted molar refractivity (Wildman–Crippen MR) is 74.8 cm³/mol. The van der Waals surface area contributed by atoms with Crippen LogP contribution in [-0.2, 0) is 0 Å². The Labute approximate surface area is 126 Å². The highest BCUT2D eigenvalue weighted by atomic mass is 19.4. The molecule has 0 aromatic carbocycles. The van der Waals surface area contributed by atoms with Gasteiger partial charge in [-0.2, -0.15) is 13.2 Å². The predicted octanol–water partition coefficient (Wildman–Crippen LogP) is 1.46. The summed E-state index contributed by atoms with van der Waals surface area (Å²) in [7, 11) is 0. The third kappa shape index (κ3) is 4.01. The van der Waals surface area contributed by atoms with Crippen LogP contribution in [0.25, 0.3) is 0 Å². The van der Waals surface area contributed by atoms with Crippen LogP contribution in [0.4, 0.5) is 13.2 Å². The number of alkyl halides is 3. The molecule has 0 bridgehead atoms. The van der Waals surface area contributed by atoms with E-state index in [1.807, 2.05) is 0 Å². The summed E-state index contributed by atoms with van der Waals surface area (Å²) in [6.45, 7) is 4.51. The van der Waals surface area contributed by atoms with Crippen molar-refractivity contribution in [1.29, 1.82) is 0 Å². The minimum absolute atomic E-state index is 0.0683. The Hall–Kier alpha value is -1.54. The molecular formula is C14H20F3N3O2. The summed E-state index contributed by atoms with van der Waals surface area (Å²) in [4.78, 5) is 13.3. The highest BCUT2D eigenvalue weighted by Gasteiger charge is 2.43. The van der Waals surface area contributed by atoms with Crippen molar-refractivity contribution in [2.45, 2.75) is 26.1 Å². The van der Waals surface area contributed by atoms with Gasteiger partial charge < -0.3 is 15.1 Å². The maximum Gasteiger partial charge on any atom is 0.405 e. The van der Waals surface area contributed by atoms with Crippen molar-refractivity contribution < 1.29 is 22.4 Å². The van der Waals surface area contributed by atoms with Crippen LogP contribution < -0.4 is 10.6 Å². The van der Waals surface area contributed by atoms with Crippen LogP contribution >= 0.6 is 0 Å². The smallest absolute Gasteiger partial charge is 0.405 e. The number of carbonyl (C=O) groups is 1. The Morgan fingerprint density at radius 1 is 1.41 bits per heavy atom. The number of hydrogen-bond acceptors (Lipinski definition) is 4. The Morgan fingerprint density at radius 2 is 2.05 bits per heavy atom. The fourth-order valence-electron chi connectivity index (χ4n) is 2.58. The molecule has 22 heavy (non-hydrogen) atoms. The maximum absolute atomic E-state index is 13.2. The van der Waals surface area contributed by atoms with Gasteiger partial charge in [-0.1, -0.05) is 0 Å². The highest BCUT2D eigenvalue weighted by Crippen LogP contribution is 2.25. The number of carbonyl (C=O) groups excluding carboxylic acids is 1. The molecule has 1 aromatic heterocycles. The first-order chi connectivity index (χ1) is 10.3. The van der Waals surface area contributed by atoms with Crippen LogP contribution in [0.15, 0.2) is 10.5 Å². The van der Waals surface area contributed by atoms with Crippen LogP contribution in [-0.4, -0.2) is 55.7 Å². The average Bonchev–Trinajstić information content (AvgIpc) is 2.77. The monoisotopic (exact) mass is 319 g/mol. The van der Waals surface area contributed by atoms with Crippen molar-refractivity contribution in [3.8, 4) is 0 Å².